The number of nitrogens with zero attached hydrogens (tertiary/aromatic N) is 2. The highest BCUT2D eigenvalue weighted by Gasteiger charge is 2.30. The van der Waals surface area contributed by atoms with Crippen molar-refractivity contribution < 1.29 is 9.32 Å². The Kier molecular flexibility index (Phi) is 4.83. The molecule has 1 aliphatic carbocycles. The summed E-state index contributed by atoms with van der Waals surface area (Å²) in [7, 11) is 0. The zero-order chi connectivity index (χ0) is 17.1. The van der Waals surface area contributed by atoms with E-state index in [4.69, 9.17) is 4.52 Å². The van der Waals surface area contributed by atoms with Crippen LogP contribution in [-0.2, 0) is 6.42 Å². The second-order valence-electron chi connectivity index (χ2n) is 6.35. The van der Waals surface area contributed by atoms with Crippen molar-refractivity contribution in [2.24, 2.45) is 5.92 Å². The number of benzene rings is 1. The molecule has 1 atom stereocenters. The molecule has 2 amide bonds. The molecule has 0 bridgehead atoms. The van der Waals surface area contributed by atoms with Crippen molar-refractivity contribution in [3.63, 3.8) is 0 Å². The van der Waals surface area contributed by atoms with Gasteiger partial charge >= 0.3 is 6.03 Å². The van der Waals surface area contributed by atoms with E-state index >= 15 is 0 Å². The van der Waals surface area contributed by atoms with Crippen LogP contribution in [0.5, 0.6) is 0 Å². The number of urea groups is 1. The maximum Gasteiger partial charge on any atom is 0.319 e. The number of aryl methyl sites for hydroxylation is 2. The molecule has 0 saturated heterocycles. The number of hydrogen-bond donors (Lipinski definition) is 2. The molecule has 1 heterocycles. The van der Waals surface area contributed by atoms with Gasteiger partial charge < -0.3 is 15.2 Å². The van der Waals surface area contributed by atoms with E-state index in [0.29, 0.717) is 17.6 Å². The van der Waals surface area contributed by atoms with Gasteiger partial charge in [-0.15, -0.1) is 0 Å². The van der Waals surface area contributed by atoms with Gasteiger partial charge in [0, 0.05) is 23.7 Å². The van der Waals surface area contributed by atoms with E-state index in [1.165, 1.54) is 12.8 Å². The molecule has 2 aromatic rings. The Morgan fingerprint density at radius 1 is 1.38 bits per heavy atom. The first-order valence-electron chi connectivity index (χ1n) is 8.61. The van der Waals surface area contributed by atoms with Crippen LogP contribution in [0.15, 0.2) is 22.7 Å². The number of hydrogen-bond acceptors (Lipinski definition) is 4. The Morgan fingerprint density at radius 3 is 2.79 bits per heavy atom. The van der Waals surface area contributed by atoms with Crippen molar-refractivity contribution in [1.82, 2.24) is 15.5 Å². The molecule has 2 N–H and O–H groups in total. The Labute approximate surface area is 142 Å². The van der Waals surface area contributed by atoms with Gasteiger partial charge in [0.05, 0.1) is 0 Å². The van der Waals surface area contributed by atoms with Crippen molar-refractivity contribution >= 4 is 11.7 Å². The standard InChI is InChI=1S/C18H24N4O2/c1-4-14(12-8-9-12)19-18(23)20-15-10-13(7-6-11(15)3)17-21-16(5-2)22-24-17/h6-7,10,12,14H,4-5,8-9H2,1-3H3,(H2,19,20,23). The second kappa shape index (κ2) is 7.03. The average Bonchev–Trinajstić information content (AvgIpc) is 3.31. The Morgan fingerprint density at radius 2 is 2.17 bits per heavy atom. The monoisotopic (exact) mass is 328 g/mol. The Bertz CT molecular complexity index is 722. The van der Waals surface area contributed by atoms with Crippen molar-refractivity contribution in [2.75, 3.05) is 5.32 Å². The summed E-state index contributed by atoms with van der Waals surface area (Å²) < 4.78 is 5.27. The number of nitrogens with one attached hydrogen (secondary N) is 2. The van der Waals surface area contributed by atoms with Crippen molar-refractivity contribution in [1.29, 1.82) is 0 Å². The van der Waals surface area contributed by atoms with Crippen LogP contribution in [-0.4, -0.2) is 22.2 Å². The highest BCUT2D eigenvalue weighted by molar-refractivity contribution is 5.91. The van der Waals surface area contributed by atoms with Crippen LogP contribution in [0.2, 0.25) is 0 Å². The Balaban J connectivity index is 1.72. The van der Waals surface area contributed by atoms with E-state index in [1.807, 2.05) is 32.0 Å². The minimum absolute atomic E-state index is 0.159. The minimum Gasteiger partial charge on any atom is -0.335 e. The summed E-state index contributed by atoms with van der Waals surface area (Å²) in [6.07, 6.45) is 4.11. The van der Waals surface area contributed by atoms with E-state index < -0.39 is 0 Å². The lowest BCUT2D eigenvalue weighted by atomic mass is 10.1. The van der Waals surface area contributed by atoms with Crippen LogP contribution in [0, 0.1) is 12.8 Å². The van der Waals surface area contributed by atoms with Gasteiger partial charge in [0.25, 0.3) is 5.89 Å². The molecular formula is C18H24N4O2. The molecule has 1 aliphatic rings. The molecule has 0 radical (unpaired) electrons. The van der Waals surface area contributed by atoms with Gasteiger partial charge in [-0.25, -0.2) is 4.79 Å². The summed E-state index contributed by atoms with van der Waals surface area (Å²) in [6.45, 7) is 6.05. The molecule has 1 unspecified atom stereocenters. The van der Waals surface area contributed by atoms with E-state index in [9.17, 15) is 4.79 Å². The minimum atomic E-state index is -0.159. The topological polar surface area (TPSA) is 80.0 Å². The van der Waals surface area contributed by atoms with Crippen LogP contribution < -0.4 is 10.6 Å². The molecule has 3 rings (SSSR count). The number of amides is 2. The molecular weight excluding hydrogens is 304 g/mol. The normalized spacial score (nSPS) is 15.1. The number of rotatable bonds is 6. The number of carbonyl (C=O) groups excluding carboxylic acids is 1. The predicted octanol–water partition coefficient (Wildman–Crippen LogP) is 3.92. The Hall–Kier alpha value is -2.37. The fourth-order valence-electron chi connectivity index (χ4n) is 2.78. The van der Waals surface area contributed by atoms with Gasteiger partial charge in [0.2, 0.25) is 0 Å². The molecule has 1 fully saturated rings. The molecule has 24 heavy (non-hydrogen) atoms. The maximum atomic E-state index is 12.3. The summed E-state index contributed by atoms with van der Waals surface area (Å²) in [5.74, 6) is 1.78. The van der Waals surface area contributed by atoms with Crippen LogP contribution in [0.1, 0.15) is 44.5 Å². The lowest BCUT2D eigenvalue weighted by Crippen LogP contribution is -2.39. The van der Waals surface area contributed by atoms with Crippen LogP contribution in [0.4, 0.5) is 10.5 Å². The fourth-order valence-corrected chi connectivity index (χ4v) is 2.78. The van der Waals surface area contributed by atoms with Crippen LogP contribution in [0.3, 0.4) is 0 Å². The lowest BCUT2D eigenvalue weighted by molar-refractivity contribution is 0.246. The smallest absolute Gasteiger partial charge is 0.319 e. The molecule has 1 aromatic carbocycles. The van der Waals surface area contributed by atoms with Crippen molar-refractivity contribution in [3.8, 4) is 11.5 Å². The number of carbonyl (C=O) groups is 1. The summed E-state index contributed by atoms with van der Waals surface area (Å²) in [5.41, 5.74) is 2.55. The van der Waals surface area contributed by atoms with Gasteiger partial charge in [-0.3, -0.25) is 0 Å². The molecule has 0 aliphatic heterocycles. The highest BCUT2D eigenvalue weighted by atomic mass is 16.5. The van der Waals surface area contributed by atoms with Gasteiger partial charge in [0.1, 0.15) is 0 Å². The maximum absolute atomic E-state index is 12.3. The highest BCUT2D eigenvalue weighted by Crippen LogP contribution is 2.34. The number of aromatic nitrogens is 2. The zero-order valence-electron chi connectivity index (χ0n) is 14.4. The van der Waals surface area contributed by atoms with Crippen LogP contribution in [0.25, 0.3) is 11.5 Å². The molecule has 6 nitrogen and oxygen atoms in total. The van der Waals surface area contributed by atoms with E-state index in [0.717, 1.165) is 29.7 Å². The summed E-state index contributed by atoms with van der Waals surface area (Å²) in [4.78, 5) is 16.6. The van der Waals surface area contributed by atoms with Crippen molar-refractivity contribution in [2.45, 2.75) is 52.5 Å². The lowest BCUT2D eigenvalue weighted by Gasteiger charge is -2.17. The molecule has 128 valence electrons. The van der Waals surface area contributed by atoms with E-state index in [1.54, 1.807) is 0 Å². The van der Waals surface area contributed by atoms with Gasteiger partial charge in [-0.1, -0.05) is 25.1 Å². The zero-order valence-corrected chi connectivity index (χ0v) is 14.4. The summed E-state index contributed by atoms with van der Waals surface area (Å²) >= 11 is 0. The summed E-state index contributed by atoms with van der Waals surface area (Å²) in [6, 6.07) is 5.84. The molecule has 1 saturated carbocycles. The summed E-state index contributed by atoms with van der Waals surface area (Å²) in [5, 5.41) is 9.94. The third-order valence-electron chi connectivity index (χ3n) is 4.46. The first-order chi connectivity index (χ1) is 11.6. The predicted molar refractivity (Wildman–Crippen MR) is 92.8 cm³/mol. The molecule has 0 spiro atoms. The van der Waals surface area contributed by atoms with E-state index in [2.05, 4.69) is 27.7 Å². The first kappa shape index (κ1) is 16.5. The third kappa shape index (κ3) is 3.75. The van der Waals surface area contributed by atoms with E-state index in [-0.39, 0.29) is 12.1 Å². The molecule has 6 heteroatoms. The SMILES string of the molecule is CCc1noc(-c2ccc(C)c(NC(=O)NC(CC)C3CC3)c2)n1. The van der Waals surface area contributed by atoms with Gasteiger partial charge in [-0.2, -0.15) is 4.98 Å². The van der Waals surface area contributed by atoms with Gasteiger partial charge in [0.15, 0.2) is 5.82 Å². The third-order valence-corrected chi connectivity index (χ3v) is 4.46. The first-order valence-corrected chi connectivity index (χ1v) is 8.61. The fraction of sp³-hybridized carbons (Fsp3) is 0.500. The second-order valence-corrected chi connectivity index (χ2v) is 6.35. The largest absolute Gasteiger partial charge is 0.335 e. The quantitative estimate of drug-likeness (QED) is 0.842. The van der Waals surface area contributed by atoms with Crippen molar-refractivity contribution in [3.05, 3.63) is 29.6 Å². The van der Waals surface area contributed by atoms with Crippen LogP contribution >= 0.6 is 0 Å². The number of anilines is 1. The molecule has 1 aromatic heterocycles. The average molecular weight is 328 g/mol. The van der Waals surface area contributed by atoms with Gasteiger partial charge in [-0.05, 0) is 49.8 Å².